The van der Waals surface area contributed by atoms with Crippen molar-refractivity contribution in [2.24, 2.45) is 0 Å². The first kappa shape index (κ1) is 53.8. The molecule has 0 amide bonds. The normalized spacial score (nSPS) is 11.9. The summed E-state index contributed by atoms with van der Waals surface area (Å²) < 4.78 is 181. The number of quaternary nitrogens is 1. The Kier molecular flexibility index (Phi) is 22.7. The second-order valence-electron chi connectivity index (χ2n) is 16.5. The highest BCUT2D eigenvalue weighted by molar-refractivity contribution is 6.39. The molecule has 0 bridgehead atoms. The third kappa shape index (κ3) is 17.5. The van der Waals surface area contributed by atoms with Crippen molar-refractivity contribution in [3.05, 3.63) is 124 Å². The molecule has 0 heterocycles. The molecule has 354 valence electrons. The van der Waals surface area contributed by atoms with E-state index in [-0.39, 0.29) is 4.48 Å². The molecule has 0 saturated heterocycles. The van der Waals surface area contributed by atoms with Crippen molar-refractivity contribution in [3.63, 3.8) is 0 Å². The molecule has 0 aliphatic heterocycles. The molecule has 0 N–H and O–H groups in total. The van der Waals surface area contributed by atoms with Gasteiger partial charge in [0, 0.05) is 48.4 Å². The molecule has 0 fully saturated rings. The molecule has 17 heteroatoms. The Morgan fingerprint density at radius 3 is 1.14 bits per heavy atom. The lowest BCUT2D eigenvalue weighted by Gasteiger charge is -2.36. The van der Waals surface area contributed by atoms with Crippen LogP contribution >= 0.6 is 0 Å². The maximum atomic E-state index is 15.8. The minimum Gasteiger partial charge on any atom is -0.489 e. The zero-order valence-electron chi connectivity index (χ0n) is 36.6. The van der Waals surface area contributed by atoms with Gasteiger partial charge < -0.3 is 18.4 Å². The average molecular weight is 922 g/mol. The predicted octanol–water partition coefficient (Wildman–Crippen LogP) is 15.2. The fourth-order valence-corrected chi connectivity index (χ4v) is 7.00. The molecule has 0 saturated carbocycles. The van der Waals surface area contributed by atoms with Crippen LogP contribution in [0, 0.1) is 75.9 Å². The molecule has 64 heavy (non-hydrogen) atoms. The molecule has 0 radical (unpaired) electrons. The van der Waals surface area contributed by atoms with Gasteiger partial charge in [-0.25, -0.2) is 43.9 Å². The summed E-state index contributed by atoms with van der Waals surface area (Å²) in [5.74, 6) is -21.5. The molecule has 0 aliphatic rings. The first-order valence-corrected chi connectivity index (χ1v) is 21.6. The summed E-state index contributed by atoms with van der Waals surface area (Å²) in [6, 6.07) is 4.79. The highest BCUT2D eigenvalue weighted by Gasteiger charge is 2.39. The molecular formula is C47H56BF12NO3. The third-order valence-corrected chi connectivity index (χ3v) is 10.5. The topological polar surface area (TPSA) is 27.7 Å². The monoisotopic (exact) mass is 921 g/mol. The van der Waals surface area contributed by atoms with Crippen LogP contribution in [0.25, 0.3) is 0 Å². The molecule has 1 unspecified atom stereocenters. The Morgan fingerprint density at radius 1 is 0.438 bits per heavy atom. The summed E-state index contributed by atoms with van der Waals surface area (Å²) in [5, 5.41) is 0. The van der Waals surface area contributed by atoms with Crippen LogP contribution in [0.5, 0.6) is 17.2 Å². The van der Waals surface area contributed by atoms with Crippen LogP contribution < -0.4 is 14.0 Å². The predicted molar refractivity (Wildman–Crippen MR) is 221 cm³/mol. The van der Waals surface area contributed by atoms with E-state index in [4.69, 9.17) is 14.0 Å². The third-order valence-electron chi connectivity index (χ3n) is 10.5. The Morgan fingerprint density at radius 2 is 0.781 bits per heavy atom. The number of unbranched alkanes of at least 4 members (excludes halogenated alkanes) is 16. The van der Waals surface area contributed by atoms with Crippen LogP contribution in [0.2, 0.25) is 0 Å². The number of benzene rings is 4. The Labute approximate surface area is 368 Å². The second kappa shape index (κ2) is 27.1. The highest BCUT2D eigenvalue weighted by atomic mass is 19.2. The van der Waals surface area contributed by atoms with E-state index in [1.165, 1.54) is 70.6 Å². The van der Waals surface area contributed by atoms with Gasteiger partial charge in [0.05, 0.1) is 32.5 Å². The van der Waals surface area contributed by atoms with Crippen molar-refractivity contribution in [2.45, 2.75) is 129 Å². The Bertz CT molecular complexity index is 1930. The van der Waals surface area contributed by atoms with Crippen LogP contribution in [0.1, 0.15) is 134 Å². The van der Waals surface area contributed by atoms with Gasteiger partial charge in [-0.05, 0) is 6.42 Å². The van der Waals surface area contributed by atoms with Gasteiger partial charge in [-0.1, -0.05) is 110 Å². The zero-order valence-corrected chi connectivity index (χ0v) is 36.6. The van der Waals surface area contributed by atoms with Crippen LogP contribution in [0.15, 0.2) is 42.5 Å². The van der Waals surface area contributed by atoms with Gasteiger partial charge >= 0.3 is 7.32 Å². The van der Waals surface area contributed by atoms with Gasteiger partial charge in [0.1, 0.15) is 23.3 Å². The fraction of sp³-hybridized carbons (Fsp3) is 0.489. The quantitative estimate of drug-likeness (QED) is 0.0157. The summed E-state index contributed by atoms with van der Waals surface area (Å²) in [6.07, 6.45) is 20.1. The minimum absolute atomic E-state index is 0.0202. The van der Waals surface area contributed by atoms with Crippen molar-refractivity contribution in [1.82, 2.24) is 0 Å². The number of nitrogens with zero attached hydrogens (tertiary/aromatic N) is 1. The Balaban J connectivity index is 0.00000107. The highest BCUT2D eigenvalue weighted by Crippen LogP contribution is 2.40. The molecule has 4 rings (SSSR count). The van der Waals surface area contributed by atoms with E-state index in [0.717, 1.165) is 44.2 Å². The number of hydrogen-bond acceptors (Lipinski definition) is 3. The molecule has 0 aliphatic carbocycles. The van der Waals surface area contributed by atoms with Gasteiger partial charge in [0.2, 0.25) is 0 Å². The van der Waals surface area contributed by atoms with Crippen molar-refractivity contribution in [3.8, 4) is 17.2 Å². The standard InChI is InChI=1S/C41H54BF9NO3.C6H2F3/c1-5-6-7-8-9-10-11-12-13-14-15-16-17-18-19-20-21-22-35(52(2,3)4)37-36(27-34(47)40(50)41(37)51)55-42(53-28-23-30(43)38(48)31(44)24-28)54-29-25-32(45)39(49)33(46)26-29;7-4-2-1-3-5(8)6(4)9/h23-27,35H,5-22H2,1-4H3;2-3H/q+1;-1. The molecule has 4 aromatic carbocycles. The van der Waals surface area contributed by atoms with Crippen molar-refractivity contribution in [1.29, 1.82) is 0 Å². The molecule has 4 aromatic rings. The number of hydrogen-bond donors (Lipinski definition) is 0. The number of halogens is 12. The first-order valence-electron chi connectivity index (χ1n) is 21.6. The maximum absolute atomic E-state index is 15.8. The fourth-order valence-electron chi connectivity index (χ4n) is 7.00. The van der Waals surface area contributed by atoms with Gasteiger partial charge in [-0.2, -0.15) is 6.07 Å². The van der Waals surface area contributed by atoms with E-state index in [0.29, 0.717) is 43.2 Å². The summed E-state index contributed by atoms with van der Waals surface area (Å²) in [5.41, 5.74) is -0.423. The summed E-state index contributed by atoms with van der Waals surface area (Å²) in [6.45, 7) is 2.23. The second-order valence-corrected chi connectivity index (χ2v) is 16.5. The van der Waals surface area contributed by atoms with Crippen LogP contribution in [-0.4, -0.2) is 32.9 Å². The summed E-state index contributed by atoms with van der Waals surface area (Å²) >= 11 is 0. The molecule has 4 nitrogen and oxygen atoms in total. The van der Waals surface area contributed by atoms with Crippen molar-refractivity contribution in [2.75, 3.05) is 21.1 Å². The largest absolute Gasteiger partial charge is 0.864 e. The van der Waals surface area contributed by atoms with Crippen molar-refractivity contribution < 1.29 is 71.1 Å². The van der Waals surface area contributed by atoms with E-state index >= 15 is 4.39 Å². The first-order chi connectivity index (χ1) is 30.3. The minimum atomic E-state index is -2.33. The zero-order chi connectivity index (χ0) is 47.4. The van der Waals surface area contributed by atoms with E-state index in [1.54, 1.807) is 21.1 Å². The van der Waals surface area contributed by atoms with Crippen molar-refractivity contribution >= 4 is 7.32 Å². The molecular weight excluding hydrogens is 865 g/mol. The van der Waals surface area contributed by atoms with Gasteiger partial charge in [0.15, 0.2) is 52.4 Å². The molecule has 1 atom stereocenters. The SMILES string of the molecule is CCCCCCCCCCCCCCCCCCCC(c1c(OB(Oc2cc(F)c(F)c(F)c2)Oc2cc(F)c(F)c(F)c2)cc(F)c(F)c1F)[N+](C)(C)C.Fc1c[c-]cc(F)c1F. The van der Waals surface area contributed by atoms with E-state index in [2.05, 4.69) is 13.0 Å². The maximum Gasteiger partial charge on any atom is 0.864 e. The number of rotatable bonds is 26. The van der Waals surface area contributed by atoms with Crippen LogP contribution in [0.4, 0.5) is 52.7 Å². The van der Waals surface area contributed by atoms with Crippen LogP contribution in [0.3, 0.4) is 0 Å². The van der Waals surface area contributed by atoms with Gasteiger partial charge in [0.25, 0.3) is 0 Å². The lowest BCUT2D eigenvalue weighted by Crippen LogP contribution is -2.41. The Hall–Kier alpha value is -4.54. The average Bonchev–Trinajstić information content (AvgIpc) is 3.23. The lowest BCUT2D eigenvalue weighted by molar-refractivity contribution is -0.902. The van der Waals surface area contributed by atoms with E-state index < -0.39 is 106 Å². The smallest absolute Gasteiger partial charge is 0.489 e. The van der Waals surface area contributed by atoms with E-state index in [1.807, 2.05) is 0 Å². The summed E-state index contributed by atoms with van der Waals surface area (Å²) in [7, 11) is 2.80. The lowest BCUT2D eigenvalue weighted by atomic mass is 9.95. The van der Waals surface area contributed by atoms with Gasteiger partial charge in [-0.15, -0.1) is 12.1 Å². The summed E-state index contributed by atoms with van der Waals surface area (Å²) in [4.78, 5) is 0. The van der Waals surface area contributed by atoms with Crippen LogP contribution in [-0.2, 0) is 0 Å². The van der Waals surface area contributed by atoms with Gasteiger partial charge in [-0.3, -0.25) is 8.78 Å². The molecule has 0 aromatic heterocycles. The molecule has 0 spiro atoms. The van der Waals surface area contributed by atoms with E-state index in [9.17, 15) is 48.3 Å².